The van der Waals surface area contributed by atoms with Crippen LogP contribution in [0.3, 0.4) is 0 Å². The van der Waals surface area contributed by atoms with E-state index in [9.17, 15) is 0 Å². The van der Waals surface area contributed by atoms with Gasteiger partial charge in [-0.1, -0.05) is 58.2 Å². The maximum absolute atomic E-state index is 6.25. The van der Waals surface area contributed by atoms with Gasteiger partial charge in [0.25, 0.3) is 0 Å². The van der Waals surface area contributed by atoms with Gasteiger partial charge in [-0.05, 0) is 24.3 Å². The molecule has 1 aromatic heterocycles. The van der Waals surface area contributed by atoms with Crippen molar-refractivity contribution in [2.45, 2.75) is 0 Å². The second kappa shape index (κ2) is 5.60. The zero-order valence-corrected chi connectivity index (χ0v) is 12.9. The zero-order valence-electron chi connectivity index (χ0n) is 10.6. The van der Waals surface area contributed by atoms with Gasteiger partial charge in [0.15, 0.2) is 0 Å². The van der Waals surface area contributed by atoms with E-state index in [2.05, 4.69) is 5.16 Å². The van der Waals surface area contributed by atoms with E-state index < -0.39 is 0 Å². The molecule has 3 aromatic rings. The summed E-state index contributed by atoms with van der Waals surface area (Å²) in [6, 6.07) is 12.5. The first-order valence-electron chi connectivity index (χ1n) is 6.03. The molecular weight excluding hydrogens is 331 g/mol. The highest BCUT2D eigenvalue weighted by molar-refractivity contribution is 6.39. The number of rotatable bonds is 2. The summed E-state index contributed by atoms with van der Waals surface area (Å²) in [7, 11) is 0. The van der Waals surface area contributed by atoms with Crippen molar-refractivity contribution in [3.8, 4) is 22.4 Å². The SMILES string of the molecule is Nc1onc(-c2cccc(Cl)c2)c1-c1c(Cl)cccc1Cl. The Hall–Kier alpha value is -1.68. The molecule has 0 fully saturated rings. The topological polar surface area (TPSA) is 52.0 Å². The van der Waals surface area contributed by atoms with Gasteiger partial charge in [0, 0.05) is 16.1 Å². The van der Waals surface area contributed by atoms with Gasteiger partial charge in [-0.3, -0.25) is 0 Å². The molecule has 1 heterocycles. The predicted molar refractivity (Wildman–Crippen MR) is 86.8 cm³/mol. The molecule has 0 aliphatic carbocycles. The summed E-state index contributed by atoms with van der Waals surface area (Å²) in [5.41, 5.74) is 8.38. The highest BCUT2D eigenvalue weighted by Gasteiger charge is 2.21. The maximum Gasteiger partial charge on any atom is 0.230 e. The third-order valence-electron chi connectivity index (χ3n) is 3.03. The molecule has 2 aromatic carbocycles. The van der Waals surface area contributed by atoms with E-state index in [1.165, 1.54) is 0 Å². The number of nitrogens with zero attached hydrogens (tertiary/aromatic N) is 1. The molecule has 0 amide bonds. The molecule has 21 heavy (non-hydrogen) atoms. The first-order chi connectivity index (χ1) is 10.1. The van der Waals surface area contributed by atoms with E-state index in [0.29, 0.717) is 31.9 Å². The van der Waals surface area contributed by atoms with Crippen molar-refractivity contribution in [2.24, 2.45) is 0 Å². The zero-order chi connectivity index (χ0) is 15.0. The van der Waals surface area contributed by atoms with Gasteiger partial charge in [0.1, 0.15) is 5.69 Å². The van der Waals surface area contributed by atoms with Crippen LogP contribution in [-0.2, 0) is 0 Å². The van der Waals surface area contributed by atoms with E-state index in [-0.39, 0.29) is 5.88 Å². The molecule has 0 unspecified atom stereocenters. The smallest absolute Gasteiger partial charge is 0.230 e. The fourth-order valence-electron chi connectivity index (χ4n) is 2.11. The molecule has 0 bridgehead atoms. The lowest BCUT2D eigenvalue weighted by atomic mass is 10.0. The standard InChI is InChI=1S/C15H9Cl3N2O/c16-9-4-1-3-8(7-9)14-13(15(19)21-20-14)12-10(17)5-2-6-11(12)18/h1-7H,19H2. The van der Waals surface area contributed by atoms with Crippen molar-refractivity contribution in [2.75, 3.05) is 5.73 Å². The number of aromatic nitrogens is 1. The monoisotopic (exact) mass is 338 g/mol. The minimum Gasteiger partial charge on any atom is -0.367 e. The number of nitrogens with two attached hydrogens (primary N) is 1. The average Bonchev–Trinajstić information content (AvgIpc) is 2.81. The summed E-state index contributed by atoms with van der Waals surface area (Å²) in [4.78, 5) is 0. The number of benzene rings is 2. The van der Waals surface area contributed by atoms with Crippen LogP contribution >= 0.6 is 34.8 Å². The van der Waals surface area contributed by atoms with Crippen molar-refractivity contribution < 1.29 is 4.52 Å². The van der Waals surface area contributed by atoms with Crippen molar-refractivity contribution >= 4 is 40.7 Å². The first-order valence-corrected chi connectivity index (χ1v) is 7.17. The molecular formula is C15H9Cl3N2O. The van der Waals surface area contributed by atoms with E-state index in [0.717, 1.165) is 5.56 Å². The molecule has 3 rings (SSSR count). The van der Waals surface area contributed by atoms with Crippen LogP contribution in [0.2, 0.25) is 15.1 Å². The molecule has 0 aliphatic heterocycles. The molecule has 0 aliphatic rings. The van der Waals surface area contributed by atoms with Crippen molar-refractivity contribution in [1.29, 1.82) is 0 Å². The lowest BCUT2D eigenvalue weighted by molar-refractivity contribution is 0.439. The summed E-state index contributed by atoms with van der Waals surface area (Å²) < 4.78 is 5.12. The minimum atomic E-state index is 0.153. The normalized spacial score (nSPS) is 10.8. The molecule has 0 spiro atoms. The number of hydrogen-bond acceptors (Lipinski definition) is 3. The van der Waals surface area contributed by atoms with E-state index in [1.807, 2.05) is 12.1 Å². The van der Waals surface area contributed by atoms with Crippen LogP contribution in [0.25, 0.3) is 22.4 Å². The van der Waals surface area contributed by atoms with Gasteiger partial charge in [0.2, 0.25) is 5.88 Å². The van der Waals surface area contributed by atoms with Crippen molar-refractivity contribution in [3.63, 3.8) is 0 Å². The average molecular weight is 340 g/mol. The molecule has 3 nitrogen and oxygen atoms in total. The molecule has 6 heteroatoms. The van der Waals surface area contributed by atoms with Crippen LogP contribution in [0.4, 0.5) is 5.88 Å². The number of hydrogen-bond donors (Lipinski definition) is 1. The first kappa shape index (κ1) is 14.3. The van der Waals surface area contributed by atoms with E-state index >= 15 is 0 Å². The van der Waals surface area contributed by atoms with E-state index in [1.54, 1.807) is 30.3 Å². The van der Waals surface area contributed by atoms with Crippen molar-refractivity contribution in [1.82, 2.24) is 5.16 Å². The summed E-state index contributed by atoms with van der Waals surface area (Å²) in [6.07, 6.45) is 0. The highest BCUT2D eigenvalue weighted by atomic mass is 35.5. The van der Waals surface area contributed by atoms with Gasteiger partial charge < -0.3 is 10.3 Å². The largest absolute Gasteiger partial charge is 0.367 e. The second-order valence-electron chi connectivity index (χ2n) is 4.38. The molecule has 0 saturated heterocycles. The maximum atomic E-state index is 6.25. The Labute approximate surface area is 136 Å². The summed E-state index contributed by atoms with van der Waals surface area (Å²) in [5, 5.41) is 5.54. The molecule has 0 saturated carbocycles. The van der Waals surface area contributed by atoms with Crippen molar-refractivity contribution in [3.05, 3.63) is 57.5 Å². The van der Waals surface area contributed by atoms with Gasteiger partial charge >= 0.3 is 0 Å². The minimum absolute atomic E-state index is 0.153. The van der Waals surface area contributed by atoms with Crippen LogP contribution < -0.4 is 5.73 Å². The lowest BCUT2D eigenvalue weighted by Gasteiger charge is -2.07. The fraction of sp³-hybridized carbons (Fsp3) is 0. The fourth-order valence-corrected chi connectivity index (χ4v) is 2.89. The van der Waals surface area contributed by atoms with Gasteiger partial charge in [-0.2, -0.15) is 0 Å². The molecule has 0 atom stereocenters. The number of nitrogen functional groups attached to an aromatic ring is 1. The Bertz CT molecular complexity index is 794. The van der Waals surface area contributed by atoms with Gasteiger partial charge in [-0.25, -0.2) is 0 Å². The predicted octanol–water partition coefficient (Wildman–Crippen LogP) is 5.55. The summed E-state index contributed by atoms with van der Waals surface area (Å²) in [5.74, 6) is 0.153. The Morgan fingerprint density at radius 2 is 1.57 bits per heavy atom. The Kier molecular flexibility index (Phi) is 3.81. The molecule has 106 valence electrons. The van der Waals surface area contributed by atoms with Gasteiger partial charge in [0.05, 0.1) is 15.6 Å². The lowest BCUT2D eigenvalue weighted by Crippen LogP contribution is -1.90. The van der Waals surface area contributed by atoms with Gasteiger partial charge in [-0.15, -0.1) is 0 Å². The highest BCUT2D eigenvalue weighted by Crippen LogP contribution is 2.43. The Balaban J connectivity index is 2.28. The summed E-state index contributed by atoms with van der Waals surface area (Å²) in [6.45, 7) is 0. The van der Waals surface area contributed by atoms with E-state index in [4.69, 9.17) is 45.1 Å². The number of halogens is 3. The number of anilines is 1. The Morgan fingerprint density at radius 3 is 2.24 bits per heavy atom. The molecule has 2 N–H and O–H groups in total. The van der Waals surface area contributed by atoms with Crippen LogP contribution in [0.15, 0.2) is 47.0 Å². The molecule has 0 radical (unpaired) electrons. The van der Waals surface area contributed by atoms with Crippen LogP contribution in [0.5, 0.6) is 0 Å². The third kappa shape index (κ3) is 2.60. The van der Waals surface area contributed by atoms with Crippen LogP contribution in [0.1, 0.15) is 0 Å². The Morgan fingerprint density at radius 1 is 0.905 bits per heavy atom. The quantitative estimate of drug-likeness (QED) is 0.666. The second-order valence-corrected chi connectivity index (χ2v) is 5.63. The van der Waals surface area contributed by atoms with Crippen LogP contribution in [0, 0.1) is 0 Å². The summed E-state index contributed by atoms with van der Waals surface area (Å²) >= 11 is 18.5. The third-order valence-corrected chi connectivity index (χ3v) is 3.89. The van der Waals surface area contributed by atoms with Crippen LogP contribution in [-0.4, -0.2) is 5.16 Å².